The number of amides is 3. The zero-order chi connectivity index (χ0) is 20.4. The first-order valence-electron chi connectivity index (χ1n) is 9.36. The molecule has 0 aliphatic carbocycles. The van der Waals surface area contributed by atoms with Crippen LogP contribution in [0.15, 0.2) is 54.6 Å². The summed E-state index contributed by atoms with van der Waals surface area (Å²) in [6.07, 6.45) is 0.0799. The third kappa shape index (κ3) is 8.85. The number of nitrogens with two attached hydrogens (primary N) is 1. The molecule has 0 aromatic heterocycles. The molecule has 8 heteroatoms. The van der Waals surface area contributed by atoms with E-state index in [0.29, 0.717) is 18.0 Å². The van der Waals surface area contributed by atoms with Crippen LogP contribution in [0, 0.1) is 0 Å². The highest BCUT2D eigenvalue weighted by Crippen LogP contribution is 2.25. The van der Waals surface area contributed by atoms with Crippen molar-refractivity contribution in [3.05, 3.63) is 60.2 Å². The number of benzene rings is 2. The van der Waals surface area contributed by atoms with Crippen molar-refractivity contribution in [2.75, 3.05) is 13.1 Å². The molecule has 0 saturated heterocycles. The van der Waals surface area contributed by atoms with E-state index in [2.05, 4.69) is 16.0 Å². The van der Waals surface area contributed by atoms with Gasteiger partial charge in [-0.15, -0.1) is 12.4 Å². The summed E-state index contributed by atoms with van der Waals surface area (Å²) >= 11 is 0. The number of halogens is 1. The van der Waals surface area contributed by atoms with Crippen LogP contribution in [-0.4, -0.2) is 31.1 Å². The molecule has 5 N–H and O–H groups in total. The number of carbonyl (C=O) groups is 2. The van der Waals surface area contributed by atoms with Crippen LogP contribution in [0.4, 0.5) is 4.79 Å². The number of likely N-dealkylation sites (N-methyl/N-ethyl adjacent to an activating group) is 1. The molecule has 2 atom stereocenters. The number of para-hydroxylation sites is 1. The summed E-state index contributed by atoms with van der Waals surface area (Å²) in [5.74, 6) is 1.15. The maximum absolute atomic E-state index is 12.3. The first-order valence-corrected chi connectivity index (χ1v) is 9.36. The monoisotopic (exact) mass is 420 g/mol. The summed E-state index contributed by atoms with van der Waals surface area (Å²) in [4.78, 5) is 23.8. The zero-order valence-corrected chi connectivity index (χ0v) is 17.5. The molecular formula is C21H29ClN4O3. The van der Waals surface area contributed by atoms with Gasteiger partial charge in [0.2, 0.25) is 5.91 Å². The van der Waals surface area contributed by atoms with E-state index in [1.165, 1.54) is 0 Å². The molecule has 0 saturated carbocycles. The molecule has 0 spiro atoms. The van der Waals surface area contributed by atoms with Crippen LogP contribution >= 0.6 is 12.4 Å². The number of primary amides is 1. The summed E-state index contributed by atoms with van der Waals surface area (Å²) in [6.45, 7) is 5.34. The van der Waals surface area contributed by atoms with E-state index in [4.69, 9.17) is 10.5 Å². The van der Waals surface area contributed by atoms with Crippen molar-refractivity contribution in [1.82, 2.24) is 16.0 Å². The number of urea groups is 1. The summed E-state index contributed by atoms with van der Waals surface area (Å²) < 4.78 is 5.83. The van der Waals surface area contributed by atoms with Gasteiger partial charge in [0.05, 0.1) is 12.5 Å². The lowest BCUT2D eigenvalue weighted by Crippen LogP contribution is -2.41. The largest absolute Gasteiger partial charge is 0.457 e. The quantitative estimate of drug-likeness (QED) is 0.473. The Morgan fingerprint density at radius 2 is 1.76 bits per heavy atom. The minimum atomic E-state index is -0.687. The fourth-order valence-electron chi connectivity index (χ4n) is 2.79. The number of ether oxygens (including phenoxy) is 1. The molecule has 0 aliphatic rings. The Morgan fingerprint density at radius 1 is 1.07 bits per heavy atom. The van der Waals surface area contributed by atoms with Gasteiger partial charge in [0, 0.05) is 12.6 Å². The van der Waals surface area contributed by atoms with Gasteiger partial charge in [0.15, 0.2) is 0 Å². The highest BCUT2D eigenvalue weighted by Gasteiger charge is 2.18. The number of carbonyl (C=O) groups excluding carboxylic acids is 2. The molecule has 0 heterocycles. The molecule has 0 aliphatic heterocycles. The maximum atomic E-state index is 12.3. The van der Waals surface area contributed by atoms with Crippen LogP contribution < -0.4 is 26.4 Å². The Morgan fingerprint density at radius 3 is 2.41 bits per heavy atom. The van der Waals surface area contributed by atoms with Gasteiger partial charge < -0.3 is 26.4 Å². The Labute approximate surface area is 177 Å². The predicted octanol–water partition coefficient (Wildman–Crippen LogP) is 3.11. The second-order valence-electron chi connectivity index (χ2n) is 6.52. The van der Waals surface area contributed by atoms with Crippen LogP contribution in [0.1, 0.15) is 31.9 Å². The molecule has 7 nitrogen and oxygen atoms in total. The maximum Gasteiger partial charge on any atom is 0.312 e. The molecular weight excluding hydrogens is 392 g/mol. The summed E-state index contributed by atoms with van der Waals surface area (Å²) in [7, 11) is 0. The minimum Gasteiger partial charge on any atom is -0.457 e. The topological polar surface area (TPSA) is 105 Å². The van der Waals surface area contributed by atoms with Crippen LogP contribution in [0.5, 0.6) is 11.5 Å². The fraction of sp³-hybridized carbons (Fsp3) is 0.333. The third-order valence-electron chi connectivity index (χ3n) is 4.10. The second kappa shape index (κ2) is 12.6. The molecule has 158 valence electrons. The smallest absolute Gasteiger partial charge is 0.312 e. The van der Waals surface area contributed by atoms with Crippen molar-refractivity contribution < 1.29 is 14.3 Å². The number of nitrogens with one attached hydrogen (secondary N) is 3. The third-order valence-corrected chi connectivity index (χ3v) is 4.10. The van der Waals surface area contributed by atoms with Gasteiger partial charge in [-0.3, -0.25) is 4.79 Å². The molecule has 1 unspecified atom stereocenters. The lowest BCUT2D eigenvalue weighted by Gasteiger charge is -2.19. The van der Waals surface area contributed by atoms with Crippen molar-refractivity contribution in [2.45, 2.75) is 32.4 Å². The SMILES string of the molecule is CCN[C@H](C)CNC(=O)CC(NC(N)=O)c1cccc(Oc2ccccc2)c1.Cl. The highest BCUT2D eigenvalue weighted by atomic mass is 35.5. The van der Waals surface area contributed by atoms with Crippen molar-refractivity contribution in [3.8, 4) is 11.5 Å². The average Bonchev–Trinajstić information content (AvgIpc) is 2.67. The van der Waals surface area contributed by atoms with Gasteiger partial charge in [-0.1, -0.05) is 37.3 Å². The first-order chi connectivity index (χ1) is 13.5. The molecule has 3 amide bonds. The van der Waals surface area contributed by atoms with Gasteiger partial charge in [-0.2, -0.15) is 0 Å². The summed E-state index contributed by atoms with van der Waals surface area (Å²) in [5.41, 5.74) is 6.04. The van der Waals surface area contributed by atoms with E-state index in [0.717, 1.165) is 12.1 Å². The molecule has 0 radical (unpaired) electrons. The van der Waals surface area contributed by atoms with Crippen molar-refractivity contribution >= 4 is 24.3 Å². The summed E-state index contributed by atoms with van der Waals surface area (Å²) in [5, 5.41) is 8.74. The van der Waals surface area contributed by atoms with E-state index in [9.17, 15) is 9.59 Å². The molecule has 2 aromatic rings. The first kappa shape index (κ1) is 24.3. The Hall–Kier alpha value is -2.77. The van der Waals surface area contributed by atoms with Gasteiger partial charge in [-0.25, -0.2) is 4.79 Å². The molecule has 0 fully saturated rings. The van der Waals surface area contributed by atoms with Gasteiger partial charge >= 0.3 is 6.03 Å². The zero-order valence-electron chi connectivity index (χ0n) is 16.7. The van der Waals surface area contributed by atoms with Crippen LogP contribution in [0.25, 0.3) is 0 Å². The molecule has 2 rings (SSSR count). The van der Waals surface area contributed by atoms with Gasteiger partial charge in [-0.05, 0) is 43.3 Å². The molecule has 0 bridgehead atoms. The summed E-state index contributed by atoms with van der Waals surface area (Å²) in [6, 6.07) is 15.6. The standard InChI is InChI=1S/C21H28N4O3.ClH/c1-3-23-15(2)14-24-20(26)13-19(25-21(22)27)16-8-7-11-18(12-16)28-17-9-5-4-6-10-17;/h4-12,15,19,23H,3,13-14H2,1-2H3,(H,24,26)(H3,22,25,27);1H/t15-,19?;/m1./s1. The average molecular weight is 421 g/mol. The predicted molar refractivity (Wildman–Crippen MR) is 116 cm³/mol. The van der Waals surface area contributed by atoms with E-state index in [1.54, 1.807) is 6.07 Å². The van der Waals surface area contributed by atoms with E-state index < -0.39 is 12.1 Å². The van der Waals surface area contributed by atoms with Crippen molar-refractivity contribution in [1.29, 1.82) is 0 Å². The van der Waals surface area contributed by atoms with Gasteiger partial charge in [0.25, 0.3) is 0 Å². The minimum absolute atomic E-state index is 0. The lowest BCUT2D eigenvalue weighted by atomic mass is 10.0. The Bertz CT molecular complexity index is 774. The highest BCUT2D eigenvalue weighted by molar-refractivity contribution is 5.85. The number of rotatable bonds is 10. The Balaban J connectivity index is 0.00000420. The van der Waals surface area contributed by atoms with Gasteiger partial charge in [0.1, 0.15) is 11.5 Å². The van der Waals surface area contributed by atoms with Crippen molar-refractivity contribution in [3.63, 3.8) is 0 Å². The number of hydrogen-bond donors (Lipinski definition) is 4. The molecule has 29 heavy (non-hydrogen) atoms. The van der Waals surface area contributed by atoms with Crippen molar-refractivity contribution in [2.24, 2.45) is 5.73 Å². The number of hydrogen-bond acceptors (Lipinski definition) is 4. The second-order valence-corrected chi connectivity index (χ2v) is 6.52. The Kier molecular flexibility index (Phi) is 10.6. The van der Waals surface area contributed by atoms with Crippen LogP contribution in [0.3, 0.4) is 0 Å². The van der Waals surface area contributed by atoms with E-state index in [-0.39, 0.29) is 30.8 Å². The normalized spacial score (nSPS) is 12.2. The molecule has 2 aromatic carbocycles. The van der Waals surface area contributed by atoms with E-state index >= 15 is 0 Å². The van der Waals surface area contributed by atoms with E-state index in [1.807, 2.05) is 62.4 Å². The van der Waals surface area contributed by atoms with Crippen LogP contribution in [0.2, 0.25) is 0 Å². The fourth-order valence-corrected chi connectivity index (χ4v) is 2.79. The lowest BCUT2D eigenvalue weighted by molar-refractivity contribution is -0.121. The van der Waals surface area contributed by atoms with Crippen LogP contribution in [-0.2, 0) is 4.79 Å².